The molecule has 2 aromatic carbocycles. The molecule has 1 amide bonds. The summed E-state index contributed by atoms with van der Waals surface area (Å²) in [4.78, 5) is 16.7. The molecule has 28 heavy (non-hydrogen) atoms. The van der Waals surface area contributed by atoms with Crippen LogP contribution in [0.5, 0.6) is 17.2 Å². The summed E-state index contributed by atoms with van der Waals surface area (Å²) in [6.07, 6.45) is 1.60. The van der Waals surface area contributed by atoms with Crippen LogP contribution >= 0.6 is 0 Å². The number of amides is 1. The van der Waals surface area contributed by atoms with Crippen molar-refractivity contribution in [1.82, 2.24) is 4.98 Å². The highest BCUT2D eigenvalue weighted by Crippen LogP contribution is 2.33. The van der Waals surface area contributed by atoms with Gasteiger partial charge in [0.2, 0.25) is 0 Å². The molecule has 0 saturated heterocycles. The maximum absolute atomic E-state index is 12.4. The van der Waals surface area contributed by atoms with Crippen molar-refractivity contribution >= 4 is 23.1 Å². The minimum Gasteiger partial charge on any atom is -0.497 e. The zero-order chi connectivity index (χ0) is 19.3. The van der Waals surface area contributed by atoms with Crippen LogP contribution in [0.2, 0.25) is 0 Å². The van der Waals surface area contributed by atoms with Gasteiger partial charge in [-0.15, -0.1) is 0 Å². The molecule has 0 unspecified atom stereocenters. The van der Waals surface area contributed by atoms with Crippen molar-refractivity contribution in [1.29, 1.82) is 0 Å². The number of aromatic nitrogens is 1. The average molecular weight is 377 g/mol. The van der Waals surface area contributed by atoms with Crippen molar-refractivity contribution in [3.8, 4) is 17.2 Å². The van der Waals surface area contributed by atoms with E-state index in [0.29, 0.717) is 41.8 Å². The smallest absolute Gasteiger partial charge is 0.255 e. The number of hydrogen-bond acceptors (Lipinski definition) is 6. The van der Waals surface area contributed by atoms with E-state index in [-0.39, 0.29) is 5.91 Å². The van der Waals surface area contributed by atoms with Crippen molar-refractivity contribution in [3.63, 3.8) is 0 Å². The predicted molar refractivity (Wildman–Crippen MR) is 106 cm³/mol. The van der Waals surface area contributed by atoms with Gasteiger partial charge in [0.1, 0.15) is 24.8 Å². The summed E-state index contributed by atoms with van der Waals surface area (Å²) in [6, 6.07) is 16.2. The summed E-state index contributed by atoms with van der Waals surface area (Å²) in [5.41, 5.74) is 1.95. The van der Waals surface area contributed by atoms with Crippen LogP contribution in [0, 0.1) is 0 Å². The van der Waals surface area contributed by atoms with Crippen molar-refractivity contribution in [2.24, 2.45) is 0 Å². The van der Waals surface area contributed by atoms with Gasteiger partial charge in [-0.1, -0.05) is 6.07 Å². The van der Waals surface area contributed by atoms with E-state index < -0.39 is 0 Å². The third-order valence-electron chi connectivity index (χ3n) is 4.17. The zero-order valence-electron chi connectivity index (χ0n) is 15.3. The van der Waals surface area contributed by atoms with Gasteiger partial charge in [-0.3, -0.25) is 4.79 Å². The Hall–Kier alpha value is -3.74. The van der Waals surface area contributed by atoms with Crippen LogP contribution in [-0.2, 0) is 0 Å². The Morgan fingerprint density at radius 1 is 1.00 bits per heavy atom. The van der Waals surface area contributed by atoms with Gasteiger partial charge in [-0.2, -0.15) is 0 Å². The number of carbonyl (C=O) groups is 1. The highest BCUT2D eigenvalue weighted by Gasteiger charge is 2.12. The largest absolute Gasteiger partial charge is 0.497 e. The van der Waals surface area contributed by atoms with Crippen LogP contribution in [0.25, 0.3) is 0 Å². The predicted octanol–water partition coefficient (Wildman–Crippen LogP) is 3.86. The lowest BCUT2D eigenvalue weighted by atomic mass is 10.2. The second-order valence-corrected chi connectivity index (χ2v) is 6.10. The summed E-state index contributed by atoms with van der Waals surface area (Å²) >= 11 is 0. The number of fused-ring (bicyclic) bond motifs is 1. The lowest BCUT2D eigenvalue weighted by Crippen LogP contribution is -2.15. The van der Waals surface area contributed by atoms with Crippen LogP contribution in [0.3, 0.4) is 0 Å². The van der Waals surface area contributed by atoms with E-state index in [4.69, 9.17) is 14.2 Å². The molecule has 1 aromatic heterocycles. The van der Waals surface area contributed by atoms with Crippen LogP contribution in [-0.4, -0.2) is 31.2 Å². The fourth-order valence-corrected chi connectivity index (χ4v) is 2.78. The molecule has 1 aliphatic heterocycles. The number of hydrogen-bond donors (Lipinski definition) is 2. The molecule has 0 atom stereocenters. The second kappa shape index (κ2) is 7.87. The fraction of sp³-hybridized carbons (Fsp3) is 0.143. The quantitative estimate of drug-likeness (QED) is 0.703. The summed E-state index contributed by atoms with van der Waals surface area (Å²) in [6.45, 7) is 1.10. The molecule has 3 aromatic rings. The normalized spacial score (nSPS) is 12.2. The van der Waals surface area contributed by atoms with E-state index in [1.807, 2.05) is 18.2 Å². The number of nitrogens with zero attached hydrogens (tertiary/aromatic N) is 1. The van der Waals surface area contributed by atoms with E-state index in [9.17, 15) is 4.79 Å². The van der Waals surface area contributed by atoms with E-state index in [1.165, 1.54) is 0 Å². The van der Waals surface area contributed by atoms with Gasteiger partial charge in [0.25, 0.3) is 5.91 Å². The van der Waals surface area contributed by atoms with Crippen LogP contribution in [0.1, 0.15) is 10.4 Å². The molecule has 0 bridgehead atoms. The van der Waals surface area contributed by atoms with Gasteiger partial charge in [0, 0.05) is 17.3 Å². The molecule has 1 aliphatic rings. The summed E-state index contributed by atoms with van der Waals surface area (Å²) in [7, 11) is 1.56. The number of rotatable bonds is 5. The van der Waals surface area contributed by atoms with Crippen LogP contribution < -0.4 is 24.8 Å². The topological polar surface area (TPSA) is 81.7 Å². The van der Waals surface area contributed by atoms with Crippen molar-refractivity contribution in [2.75, 3.05) is 31.0 Å². The number of benzene rings is 2. The Morgan fingerprint density at radius 2 is 1.82 bits per heavy atom. The van der Waals surface area contributed by atoms with Gasteiger partial charge < -0.3 is 24.8 Å². The molecule has 4 rings (SSSR count). The molecule has 2 N–H and O–H groups in total. The van der Waals surface area contributed by atoms with Crippen LogP contribution in [0.15, 0.2) is 60.8 Å². The summed E-state index contributed by atoms with van der Waals surface area (Å²) < 4.78 is 16.2. The first-order valence-electron chi connectivity index (χ1n) is 8.79. The summed E-state index contributed by atoms with van der Waals surface area (Å²) in [5.74, 6) is 2.49. The van der Waals surface area contributed by atoms with Gasteiger partial charge >= 0.3 is 0 Å². The molecule has 0 fully saturated rings. The molecule has 7 heteroatoms. The molecule has 142 valence electrons. The van der Waals surface area contributed by atoms with Crippen molar-refractivity contribution in [3.05, 3.63) is 66.4 Å². The van der Waals surface area contributed by atoms with E-state index in [2.05, 4.69) is 15.6 Å². The lowest BCUT2D eigenvalue weighted by Gasteiger charge is -2.19. The molecule has 0 spiro atoms. The maximum atomic E-state index is 12.4. The average Bonchev–Trinajstić information content (AvgIpc) is 2.75. The highest BCUT2D eigenvalue weighted by molar-refractivity contribution is 6.04. The number of pyridine rings is 1. The van der Waals surface area contributed by atoms with Gasteiger partial charge in [-0.05, 0) is 42.5 Å². The molecule has 7 nitrogen and oxygen atoms in total. The SMILES string of the molecule is COc1cccc(C(=O)Nc2ccc(Nc3ccc4c(c3)OCCO4)nc2)c1. The first kappa shape index (κ1) is 17.7. The Kier molecular flexibility index (Phi) is 4.97. The van der Waals surface area contributed by atoms with Gasteiger partial charge in [0.05, 0.1) is 19.0 Å². The van der Waals surface area contributed by atoms with Crippen molar-refractivity contribution in [2.45, 2.75) is 0 Å². The van der Waals surface area contributed by atoms with Gasteiger partial charge in [-0.25, -0.2) is 4.98 Å². The first-order chi connectivity index (χ1) is 13.7. The molecular formula is C21H19N3O4. The van der Waals surface area contributed by atoms with E-state index >= 15 is 0 Å². The molecular weight excluding hydrogens is 358 g/mol. The monoisotopic (exact) mass is 377 g/mol. The van der Waals surface area contributed by atoms with E-state index in [1.54, 1.807) is 49.7 Å². The third-order valence-corrected chi connectivity index (χ3v) is 4.17. The molecule has 0 radical (unpaired) electrons. The molecule has 0 saturated carbocycles. The zero-order valence-corrected chi connectivity index (χ0v) is 15.3. The Morgan fingerprint density at radius 3 is 2.61 bits per heavy atom. The Bertz CT molecular complexity index is 989. The third kappa shape index (κ3) is 3.98. The molecule has 2 heterocycles. The van der Waals surface area contributed by atoms with E-state index in [0.717, 1.165) is 11.4 Å². The number of methoxy groups -OCH3 is 1. The minimum absolute atomic E-state index is 0.228. The Labute approximate surface area is 162 Å². The summed E-state index contributed by atoms with van der Waals surface area (Å²) in [5, 5.41) is 6.03. The number of anilines is 3. The number of nitrogens with one attached hydrogen (secondary N) is 2. The first-order valence-corrected chi connectivity index (χ1v) is 8.79. The van der Waals surface area contributed by atoms with Crippen LogP contribution in [0.4, 0.5) is 17.2 Å². The Balaban J connectivity index is 1.41. The molecule has 0 aliphatic carbocycles. The number of ether oxygens (including phenoxy) is 3. The van der Waals surface area contributed by atoms with Crippen molar-refractivity contribution < 1.29 is 19.0 Å². The highest BCUT2D eigenvalue weighted by atomic mass is 16.6. The number of carbonyl (C=O) groups excluding carboxylic acids is 1. The minimum atomic E-state index is -0.228. The maximum Gasteiger partial charge on any atom is 0.255 e. The standard InChI is InChI=1S/C21H19N3O4/c1-26-17-4-2-3-14(11-17)21(25)24-16-6-8-20(22-13-16)23-15-5-7-18-19(12-15)28-10-9-27-18/h2-8,11-13H,9-10H2,1H3,(H,22,23)(H,24,25). The second-order valence-electron chi connectivity index (χ2n) is 6.10. The fourth-order valence-electron chi connectivity index (χ4n) is 2.78. The van der Waals surface area contributed by atoms with Gasteiger partial charge in [0.15, 0.2) is 11.5 Å². The lowest BCUT2D eigenvalue weighted by molar-refractivity contribution is 0.102.